The van der Waals surface area contributed by atoms with E-state index in [1.807, 2.05) is 50.4 Å². The molecule has 0 radical (unpaired) electrons. The van der Waals surface area contributed by atoms with Gasteiger partial charge in [-0.1, -0.05) is 0 Å². The maximum absolute atomic E-state index is 12.5. The summed E-state index contributed by atoms with van der Waals surface area (Å²) in [5.74, 6) is 2.19. The van der Waals surface area contributed by atoms with E-state index >= 15 is 0 Å². The summed E-state index contributed by atoms with van der Waals surface area (Å²) in [5, 5.41) is 9.24. The average molecular weight is 411 g/mol. The molecule has 3 rings (SSSR count). The molecule has 9 heteroatoms. The molecule has 2 aromatic heterocycles. The van der Waals surface area contributed by atoms with Gasteiger partial charge in [0.25, 0.3) is 11.9 Å². The quantitative estimate of drug-likeness (QED) is 0.579. The second kappa shape index (κ2) is 9.36. The molecule has 2 heterocycles. The fraction of sp³-hybridized carbons (Fsp3) is 0.333. The zero-order valence-corrected chi connectivity index (χ0v) is 17.9. The molecule has 3 N–H and O–H groups in total. The van der Waals surface area contributed by atoms with Crippen LogP contribution in [0.25, 0.3) is 5.95 Å². The van der Waals surface area contributed by atoms with Crippen molar-refractivity contribution < 1.29 is 19.6 Å². The van der Waals surface area contributed by atoms with Gasteiger partial charge in [0.1, 0.15) is 12.4 Å². The minimum absolute atomic E-state index is 0.138. The predicted molar refractivity (Wildman–Crippen MR) is 112 cm³/mol. The number of amides is 1. The standard InChI is InChI=1S/C21H26N6O3/c1-13-8-14(2)24-21(23-13)27-19(9-15(3)26-27)25-20(28)12-22-11-16-6-7-17(29-4)18(10-16)30-5/h6-10,22H,11-12H2,1-5H3,(H,25,28)/p+1. The highest BCUT2D eigenvalue weighted by atomic mass is 16.5. The number of carbonyl (C=O) groups excluding carboxylic acids is 1. The van der Waals surface area contributed by atoms with E-state index in [9.17, 15) is 4.79 Å². The number of hydrogen-bond acceptors (Lipinski definition) is 6. The van der Waals surface area contributed by atoms with E-state index in [1.54, 1.807) is 25.0 Å². The summed E-state index contributed by atoms with van der Waals surface area (Å²) in [7, 11) is 3.20. The van der Waals surface area contributed by atoms with Gasteiger partial charge in [-0.15, -0.1) is 0 Å². The van der Waals surface area contributed by atoms with Gasteiger partial charge in [0.15, 0.2) is 18.0 Å². The first-order chi connectivity index (χ1) is 14.4. The summed E-state index contributed by atoms with van der Waals surface area (Å²) in [6.45, 7) is 6.54. The van der Waals surface area contributed by atoms with Crippen molar-refractivity contribution in [3.8, 4) is 17.4 Å². The van der Waals surface area contributed by atoms with Crippen molar-refractivity contribution in [1.82, 2.24) is 19.7 Å². The number of carbonyl (C=O) groups is 1. The van der Waals surface area contributed by atoms with E-state index in [0.717, 1.165) is 22.6 Å². The lowest BCUT2D eigenvalue weighted by molar-refractivity contribution is -0.659. The summed E-state index contributed by atoms with van der Waals surface area (Å²) in [4.78, 5) is 21.3. The monoisotopic (exact) mass is 411 g/mol. The minimum Gasteiger partial charge on any atom is -0.493 e. The summed E-state index contributed by atoms with van der Waals surface area (Å²) in [5.41, 5.74) is 3.48. The molecule has 0 aliphatic rings. The smallest absolute Gasteiger partial charge is 0.280 e. The van der Waals surface area contributed by atoms with Crippen LogP contribution < -0.4 is 20.1 Å². The summed E-state index contributed by atoms with van der Waals surface area (Å²) in [6, 6.07) is 9.40. The van der Waals surface area contributed by atoms with Crippen molar-refractivity contribution in [2.75, 3.05) is 26.1 Å². The van der Waals surface area contributed by atoms with Crippen LogP contribution in [-0.2, 0) is 11.3 Å². The molecule has 0 fully saturated rings. The van der Waals surface area contributed by atoms with E-state index in [0.29, 0.717) is 29.8 Å². The number of anilines is 1. The number of quaternary nitrogens is 1. The molecule has 30 heavy (non-hydrogen) atoms. The largest absolute Gasteiger partial charge is 0.493 e. The van der Waals surface area contributed by atoms with Gasteiger partial charge < -0.3 is 20.1 Å². The Bertz CT molecular complexity index is 1030. The zero-order chi connectivity index (χ0) is 21.7. The highest BCUT2D eigenvalue weighted by molar-refractivity contribution is 5.90. The fourth-order valence-electron chi connectivity index (χ4n) is 3.11. The van der Waals surface area contributed by atoms with E-state index < -0.39 is 0 Å². The first-order valence-electron chi connectivity index (χ1n) is 9.61. The summed E-state index contributed by atoms with van der Waals surface area (Å²) < 4.78 is 12.1. The molecule has 0 saturated carbocycles. The Morgan fingerprint density at radius 1 is 1.00 bits per heavy atom. The maximum atomic E-state index is 12.5. The Morgan fingerprint density at radius 3 is 2.37 bits per heavy atom. The number of hydrogen-bond donors (Lipinski definition) is 2. The van der Waals surface area contributed by atoms with Crippen LogP contribution in [0.4, 0.5) is 5.82 Å². The van der Waals surface area contributed by atoms with Gasteiger partial charge in [0.05, 0.1) is 19.9 Å². The molecule has 9 nitrogen and oxygen atoms in total. The van der Waals surface area contributed by atoms with Gasteiger partial charge in [-0.05, 0) is 45.0 Å². The molecule has 1 aromatic carbocycles. The third kappa shape index (κ3) is 5.12. The van der Waals surface area contributed by atoms with Crippen LogP contribution in [0.3, 0.4) is 0 Å². The van der Waals surface area contributed by atoms with Crippen LogP contribution in [0, 0.1) is 20.8 Å². The third-order valence-electron chi connectivity index (χ3n) is 4.42. The molecule has 0 aliphatic heterocycles. The third-order valence-corrected chi connectivity index (χ3v) is 4.42. The summed E-state index contributed by atoms with van der Waals surface area (Å²) >= 11 is 0. The van der Waals surface area contributed by atoms with Gasteiger partial charge in [-0.3, -0.25) is 4.79 Å². The first kappa shape index (κ1) is 21.3. The van der Waals surface area contributed by atoms with Gasteiger partial charge in [-0.2, -0.15) is 9.78 Å². The molecule has 0 saturated heterocycles. The Labute approximate surface area is 175 Å². The van der Waals surface area contributed by atoms with Gasteiger partial charge in [0, 0.05) is 23.0 Å². The average Bonchev–Trinajstić information content (AvgIpc) is 3.07. The van der Waals surface area contributed by atoms with Gasteiger partial charge in [-0.25, -0.2) is 9.97 Å². The van der Waals surface area contributed by atoms with Gasteiger partial charge in [0.2, 0.25) is 0 Å². The highest BCUT2D eigenvalue weighted by Crippen LogP contribution is 2.27. The lowest BCUT2D eigenvalue weighted by Crippen LogP contribution is -2.84. The van der Waals surface area contributed by atoms with Crippen molar-refractivity contribution in [3.05, 3.63) is 53.0 Å². The lowest BCUT2D eigenvalue weighted by atomic mass is 10.2. The molecule has 1 amide bonds. The molecule has 0 bridgehead atoms. The second-order valence-electron chi connectivity index (χ2n) is 6.97. The van der Waals surface area contributed by atoms with Crippen LogP contribution in [0.15, 0.2) is 30.3 Å². The van der Waals surface area contributed by atoms with Crippen LogP contribution in [0.1, 0.15) is 22.6 Å². The number of rotatable bonds is 8. The van der Waals surface area contributed by atoms with E-state index in [4.69, 9.17) is 9.47 Å². The number of methoxy groups -OCH3 is 2. The molecule has 0 atom stereocenters. The Morgan fingerprint density at radius 2 is 1.70 bits per heavy atom. The molecule has 158 valence electrons. The Balaban J connectivity index is 1.63. The normalized spacial score (nSPS) is 10.7. The number of nitrogens with zero attached hydrogens (tertiary/aromatic N) is 4. The lowest BCUT2D eigenvalue weighted by Gasteiger charge is -2.10. The number of aromatic nitrogens is 4. The predicted octanol–water partition coefficient (Wildman–Crippen LogP) is 1.31. The molecule has 0 unspecified atom stereocenters. The Hall–Kier alpha value is -3.46. The number of benzene rings is 1. The molecule has 0 aliphatic carbocycles. The topological polar surface area (TPSA) is 108 Å². The van der Waals surface area contributed by atoms with Crippen molar-refractivity contribution in [1.29, 1.82) is 0 Å². The number of nitrogens with two attached hydrogens (primary N) is 1. The van der Waals surface area contributed by atoms with Gasteiger partial charge >= 0.3 is 0 Å². The van der Waals surface area contributed by atoms with E-state index in [1.165, 1.54) is 0 Å². The fourth-order valence-corrected chi connectivity index (χ4v) is 3.11. The van der Waals surface area contributed by atoms with E-state index in [2.05, 4.69) is 20.4 Å². The molecule has 0 spiro atoms. The van der Waals surface area contributed by atoms with Crippen LogP contribution in [0.5, 0.6) is 11.5 Å². The molecule has 3 aromatic rings. The van der Waals surface area contributed by atoms with Crippen molar-refractivity contribution in [2.45, 2.75) is 27.3 Å². The van der Waals surface area contributed by atoms with Crippen LogP contribution >= 0.6 is 0 Å². The number of aryl methyl sites for hydroxylation is 3. The van der Waals surface area contributed by atoms with Crippen LogP contribution in [0.2, 0.25) is 0 Å². The molecular formula is C21H27N6O3+. The summed E-state index contributed by atoms with van der Waals surface area (Å²) in [6.07, 6.45) is 0. The SMILES string of the molecule is COc1ccc(C[NH2+]CC(=O)Nc2cc(C)nn2-c2nc(C)cc(C)n2)cc1OC. The minimum atomic E-state index is -0.138. The van der Waals surface area contributed by atoms with Crippen molar-refractivity contribution in [2.24, 2.45) is 0 Å². The Kier molecular flexibility index (Phi) is 6.63. The van der Waals surface area contributed by atoms with Crippen molar-refractivity contribution >= 4 is 11.7 Å². The number of ether oxygens (including phenoxy) is 2. The number of nitrogens with one attached hydrogen (secondary N) is 1. The van der Waals surface area contributed by atoms with Crippen LogP contribution in [-0.4, -0.2) is 46.4 Å². The maximum Gasteiger partial charge on any atom is 0.280 e. The molecular weight excluding hydrogens is 384 g/mol. The second-order valence-corrected chi connectivity index (χ2v) is 6.97. The van der Waals surface area contributed by atoms with Crippen molar-refractivity contribution in [3.63, 3.8) is 0 Å². The zero-order valence-electron chi connectivity index (χ0n) is 17.9. The van der Waals surface area contributed by atoms with E-state index in [-0.39, 0.29) is 12.5 Å². The highest BCUT2D eigenvalue weighted by Gasteiger charge is 2.15. The first-order valence-corrected chi connectivity index (χ1v) is 9.61.